The minimum Gasteiger partial charge on any atom is -1.00 e. The molecule has 0 atom stereocenters. The van der Waals surface area contributed by atoms with Gasteiger partial charge in [0.1, 0.15) is 23.2 Å². The molecule has 0 radical (unpaired) electrons. The SMILES string of the molecule is Br/C=C/C[P+](c1ccccc1)(c1ccccc1)c1ccccc1.[Br-]. The van der Waals surface area contributed by atoms with Gasteiger partial charge in [0.2, 0.25) is 0 Å². The highest BCUT2D eigenvalue weighted by Gasteiger charge is 2.43. The van der Waals surface area contributed by atoms with Crippen molar-refractivity contribution in [2.75, 3.05) is 6.16 Å². The van der Waals surface area contributed by atoms with Crippen LogP contribution in [-0.4, -0.2) is 6.16 Å². The van der Waals surface area contributed by atoms with Crippen LogP contribution >= 0.6 is 23.2 Å². The van der Waals surface area contributed by atoms with Gasteiger partial charge in [-0.2, -0.15) is 0 Å². The Hall–Kier alpha value is -1.21. The molecule has 24 heavy (non-hydrogen) atoms. The molecular weight excluding hydrogens is 443 g/mol. The molecule has 0 amide bonds. The molecule has 0 unspecified atom stereocenters. The van der Waals surface area contributed by atoms with E-state index in [1.165, 1.54) is 15.9 Å². The first-order valence-electron chi connectivity index (χ1n) is 7.68. The molecule has 0 N–H and O–H groups in total. The predicted molar refractivity (Wildman–Crippen MR) is 108 cm³/mol. The summed E-state index contributed by atoms with van der Waals surface area (Å²) in [6.07, 6.45) is 3.25. The summed E-state index contributed by atoms with van der Waals surface area (Å²) in [6.45, 7) is 0. The topological polar surface area (TPSA) is 0 Å². The molecule has 0 bridgehead atoms. The molecule has 0 spiro atoms. The molecule has 0 aliphatic carbocycles. The van der Waals surface area contributed by atoms with Crippen LogP contribution in [0.2, 0.25) is 0 Å². The van der Waals surface area contributed by atoms with E-state index in [2.05, 4.69) is 113 Å². The zero-order chi connectivity index (χ0) is 16.0. The molecule has 0 aliphatic rings. The zero-order valence-corrected chi connectivity index (χ0v) is 17.3. The van der Waals surface area contributed by atoms with Crippen molar-refractivity contribution in [3.63, 3.8) is 0 Å². The molecule has 0 fully saturated rings. The van der Waals surface area contributed by atoms with E-state index in [0.717, 1.165) is 6.16 Å². The van der Waals surface area contributed by atoms with Crippen molar-refractivity contribution in [3.05, 3.63) is 102 Å². The van der Waals surface area contributed by atoms with Crippen LogP contribution < -0.4 is 32.9 Å². The van der Waals surface area contributed by atoms with Gasteiger partial charge in [0, 0.05) is 0 Å². The minimum absolute atomic E-state index is 0. The van der Waals surface area contributed by atoms with Crippen molar-refractivity contribution in [3.8, 4) is 0 Å². The fourth-order valence-electron chi connectivity index (χ4n) is 3.01. The van der Waals surface area contributed by atoms with E-state index in [9.17, 15) is 0 Å². The normalized spacial score (nSPS) is 11.2. The Morgan fingerprint density at radius 1 is 0.625 bits per heavy atom. The summed E-state index contributed by atoms with van der Waals surface area (Å²) in [6, 6.07) is 32.8. The first kappa shape index (κ1) is 19.1. The van der Waals surface area contributed by atoms with Crippen molar-refractivity contribution in [2.45, 2.75) is 0 Å². The van der Waals surface area contributed by atoms with Crippen LogP contribution in [0.25, 0.3) is 0 Å². The van der Waals surface area contributed by atoms with Crippen LogP contribution in [0.3, 0.4) is 0 Å². The maximum atomic E-state index is 3.46. The lowest BCUT2D eigenvalue weighted by Crippen LogP contribution is -3.00. The maximum Gasteiger partial charge on any atom is 0.115 e. The second kappa shape index (κ2) is 9.32. The van der Waals surface area contributed by atoms with Crippen molar-refractivity contribution >= 4 is 39.1 Å². The third-order valence-corrected chi connectivity index (χ3v) is 8.73. The molecule has 0 aromatic heterocycles. The molecule has 0 nitrogen and oxygen atoms in total. The Morgan fingerprint density at radius 2 is 0.958 bits per heavy atom. The predicted octanol–water partition coefficient (Wildman–Crippen LogP) is 1.89. The van der Waals surface area contributed by atoms with Gasteiger partial charge in [-0.1, -0.05) is 70.5 Å². The van der Waals surface area contributed by atoms with Crippen molar-refractivity contribution < 1.29 is 17.0 Å². The largest absolute Gasteiger partial charge is 1.00 e. The summed E-state index contributed by atoms with van der Waals surface area (Å²) in [5.41, 5.74) is 0. The number of halogens is 2. The van der Waals surface area contributed by atoms with Crippen LogP contribution in [-0.2, 0) is 0 Å². The van der Waals surface area contributed by atoms with Crippen LogP contribution in [0.5, 0.6) is 0 Å². The standard InChI is InChI=1S/C21H19BrP.BrH/c22-17-10-18-23(19-11-4-1-5-12-19,20-13-6-2-7-14-20)21-15-8-3-9-16-21;/h1-17H,18H2;1H/q+1;/p-1/b17-10+;. The highest BCUT2D eigenvalue weighted by molar-refractivity contribution is 9.11. The monoisotopic (exact) mass is 460 g/mol. The molecule has 3 aromatic carbocycles. The third kappa shape index (κ3) is 3.88. The fraction of sp³-hybridized carbons (Fsp3) is 0.0476. The molecule has 0 saturated carbocycles. The number of benzene rings is 3. The molecule has 3 heteroatoms. The summed E-state index contributed by atoms with van der Waals surface area (Å²) in [5, 5.41) is 4.26. The summed E-state index contributed by atoms with van der Waals surface area (Å²) in [7, 11) is -1.69. The molecular formula is C21H19Br2P. The first-order valence-corrected chi connectivity index (χ1v) is 10.6. The summed E-state index contributed by atoms with van der Waals surface area (Å²) in [4.78, 5) is 1.98. The average molecular weight is 462 g/mol. The van der Waals surface area contributed by atoms with Gasteiger partial charge < -0.3 is 17.0 Å². The van der Waals surface area contributed by atoms with Crippen LogP contribution in [0.4, 0.5) is 0 Å². The molecule has 0 aliphatic heterocycles. The van der Waals surface area contributed by atoms with Crippen molar-refractivity contribution in [1.82, 2.24) is 0 Å². The molecule has 122 valence electrons. The Morgan fingerprint density at radius 3 is 1.25 bits per heavy atom. The Labute approximate surface area is 163 Å². The van der Waals surface area contributed by atoms with Gasteiger partial charge in [-0.3, -0.25) is 0 Å². The van der Waals surface area contributed by atoms with E-state index in [0.29, 0.717) is 0 Å². The van der Waals surface area contributed by atoms with Gasteiger partial charge in [0.05, 0.1) is 6.16 Å². The Bertz CT molecular complexity index is 659. The van der Waals surface area contributed by atoms with Gasteiger partial charge in [-0.15, -0.1) is 0 Å². The maximum absolute atomic E-state index is 3.46. The van der Waals surface area contributed by atoms with E-state index >= 15 is 0 Å². The molecule has 3 rings (SSSR count). The van der Waals surface area contributed by atoms with E-state index in [1.807, 2.05) is 4.99 Å². The minimum atomic E-state index is -1.69. The summed E-state index contributed by atoms with van der Waals surface area (Å²) in [5.74, 6) is 0. The molecule has 0 heterocycles. The lowest BCUT2D eigenvalue weighted by atomic mass is 10.4. The summed E-state index contributed by atoms with van der Waals surface area (Å²) >= 11 is 3.46. The Kier molecular flexibility index (Phi) is 7.42. The number of rotatable bonds is 5. The quantitative estimate of drug-likeness (QED) is 0.509. The molecule has 0 saturated heterocycles. The van der Waals surface area contributed by atoms with E-state index in [1.54, 1.807) is 0 Å². The highest BCUT2D eigenvalue weighted by atomic mass is 79.9. The lowest BCUT2D eigenvalue weighted by molar-refractivity contribution is -0.00000431. The van der Waals surface area contributed by atoms with Gasteiger partial charge in [0.25, 0.3) is 0 Å². The average Bonchev–Trinajstić information content (AvgIpc) is 2.65. The smallest absolute Gasteiger partial charge is 0.115 e. The number of hydrogen-bond acceptors (Lipinski definition) is 0. The lowest BCUT2D eigenvalue weighted by Gasteiger charge is -2.26. The van der Waals surface area contributed by atoms with Crippen LogP contribution in [0.1, 0.15) is 0 Å². The van der Waals surface area contributed by atoms with Gasteiger partial charge in [-0.05, 0) is 47.5 Å². The number of allylic oxidation sites excluding steroid dienone is 1. The van der Waals surface area contributed by atoms with Crippen LogP contribution in [0.15, 0.2) is 102 Å². The van der Waals surface area contributed by atoms with E-state index in [4.69, 9.17) is 0 Å². The summed E-state index contributed by atoms with van der Waals surface area (Å²) < 4.78 is 0. The first-order chi connectivity index (χ1) is 11.4. The van der Waals surface area contributed by atoms with E-state index in [-0.39, 0.29) is 17.0 Å². The van der Waals surface area contributed by atoms with Crippen molar-refractivity contribution in [2.24, 2.45) is 0 Å². The number of hydrogen-bond donors (Lipinski definition) is 0. The van der Waals surface area contributed by atoms with Crippen molar-refractivity contribution in [1.29, 1.82) is 0 Å². The van der Waals surface area contributed by atoms with Gasteiger partial charge in [-0.25, -0.2) is 0 Å². The second-order valence-corrected chi connectivity index (χ2v) is 9.42. The third-order valence-electron chi connectivity index (χ3n) is 4.06. The second-order valence-electron chi connectivity index (χ2n) is 5.36. The van der Waals surface area contributed by atoms with Gasteiger partial charge >= 0.3 is 0 Å². The highest BCUT2D eigenvalue weighted by Crippen LogP contribution is 2.55. The Balaban J connectivity index is 0.00000208. The van der Waals surface area contributed by atoms with E-state index < -0.39 is 7.26 Å². The van der Waals surface area contributed by atoms with Gasteiger partial charge in [0.15, 0.2) is 0 Å². The van der Waals surface area contributed by atoms with Crippen LogP contribution in [0, 0.1) is 0 Å². The fourth-order valence-corrected chi connectivity index (χ4v) is 7.48. The zero-order valence-electron chi connectivity index (χ0n) is 13.2. The molecule has 3 aromatic rings.